The van der Waals surface area contributed by atoms with Crippen LogP contribution in [0.15, 0.2) is 47.4 Å². The number of fused-ring (bicyclic) bond motifs is 1. The lowest BCUT2D eigenvalue weighted by molar-refractivity contribution is -0.121. The van der Waals surface area contributed by atoms with Gasteiger partial charge in [-0.3, -0.25) is 4.79 Å². The maximum absolute atomic E-state index is 12.5. The maximum atomic E-state index is 12.5. The molecule has 3 aromatic rings. The molecule has 1 aromatic heterocycles. The normalized spacial score (nSPS) is 11.6. The third-order valence-electron chi connectivity index (χ3n) is 4.27. The highest BCUT2D eigenvalue weighted by Crippen LogP contribution is 2.20. The molecule has 2 aromatic carbocycles. The highest BCUT2D eigenvalue weighted by Gasteiger charge is 2.19. The zero-order chi connectivity index (χ0) is 20.0. The average molecular weight is 419 g/mol. The van der Waals surface area contributed by atoms with Crippen molar-refractivity contribution in [2.24, 2.45) is 0 Å². The fraction of sp³-hybridized carbons (Fsp3) is 0.316. The van der Waals surface area contributed by atoms with Crippen molar-refractivity contribution >= 4 is 38.7 Å². The van der Waals surface area contributed by atoms with Crippen LogP contribution in [0.3, 0.4) is 0 Å². The van der Waals surface area contributed by atoms with Crippen LogP contribution in [0.5, 0.6) is 0 Å². The van der Waals surface area contributed by atoms with Gasteiger partial charge in [0.1, 0.15) is 15.9 Å². The quantitative estimate of drug-likeness (QED) is 0.520. The van der Waals surface area contributed by atoms with Gasteiger partial charge in [0.05, 0.1) is 11.7 Å². The second-order valence-corrected chi connectivity index (χ2v) is 8.74. The summed E-state index contributed by atoms with van der Waals surface area (Å²) in [4.78, 5) is 12.0. The summed E-state index contributed by atoms with van der Waals surface area (Å²) in [5, 5.41) is 2.86. The van der Waals surface area contributed by atoms with Crippen molar-refractivity contribution in [3.63, 3.8) is 0 Å². The standard InChI is InChI=1S/C19H22N4O3S2/c1-14-7-9-15(10-8-14)11-13-20-18(24)6-3-12-21-28(25,26)17-5-2-4-16-19(17)23-27-22-16/h2,4-5,7-10,21H,3,6,11-13H2,1H3,(H,20,24). The van der Waals surface area contributed by atoms with Crippen LogP contribution < -0.4 is 10.0 Å². The van der Waals surface area contributed by atoms with Crippen LogP contribution in [-0.2, 0) is 21.2 Å². The van der Waals surface area contributed by atoms with Crippen molar-refractivity contribution in [2.75, 3.05) is 13.1 Å². The molecule has 1 amide bonds. The van der Waals surface area contributed by atoms with Crippen LogP contribution in [0.4, 0.5) is 0 Å². The highest BCUT2D eigenvalue weighted by atomic mass is 32.2. The highest BCUT2D eigenvalue weighted by molar-refractivity contribution is 7.89. The summed E-state index contributed by atoms with van der Waals surface area (Å²) in [6, 6.07) is 13.1. The molecular formula is C19H22N4O3S2. The van der Waals surface area contributed by atoms with E-state index in [0.717, 1.165) is 18.1 Å². The SMILES string of the molecule is Cc1ccc(CCNC(=O)CCCNS(=O)(=O)c2cccc3nsnc23)cc1. The number of aromatic nitrogens is 2. The molecule has 0 radical (unpaired) electrons. The molecule has 9 heteroatoms. The summed E-state index contributed by atoms with van der Waals surface area (Å²) < 4.78 is 35.6. The average Bonchev–Trinajstić information content (AvgIpc) is 3.15. The van der Waals surface area contributed by atoms with Gasteiger partial charge < -0.3 is 5.32 Å². The molecule has 3 rings (SSSR count). The fourth-order valence-electron chi connectivity index (χ4n) is 2.72. The van der Waals surface area contributed by atoms with Crippen LogP contribution in [0, 0.1) is 6.92 Å². The van der Waals surface area contributed by atoms with Gasteiger partial charge >= 0.3 is 0 Å². The molecule has 28 heavy (non-hydrogen) atoms. The Morgan fingerprint density at radius 3 is 2.64 bits per heavy atom. The maximum Gasteiger partial charge on any atom is 0.242 e. The molecule has 1 heterocycles. The van der Waals surface area contributed by atoms with E-state index in [4.69, 9.17) is 0 Å². The second-order valence-electron chi connectivity index (χ2n) is 6.47. The van der Waals surface area contributed by atoms with E-state index in [1.807, 2.05) is 19.1 Å². The number of sulfonamides is 1. The summed E-state index contributed by atoms with van der Waals surface area (Å²) in [6.07, 6.45) is 1.45. The second kappa shape index (κ2) is 9.22. The minimum atomic E-state index is -3.69. The van der Waals surface area contributed by atoms with Gasteiger partial charge in [0.25, 0.3) is 0 Å². The van der Waals surface area contributed by atoms with E-state index >= 15 is 0 Å². The first-order valence-electron chi connectivity index (χ1n) is 8.99. The van der Waals surface area contributed by atoms with Gasteiger partial charge in [0, 0.05) is 19.5 Å². The molecule has 0 unspecified atom stereocenters. The summed E-state index contributed by atoms with van der Waals surface area (Å²) >= 11 is 0.977. The van der Waals surface area contributed by atoms with E-state index in [9.17, 15) is 13.2 Å². The van der Waals surface area contributed by atoms with Crippen LogP contribution in [0.1, 0.15) is 24.0 Å². The van der Waals surface area contributed by atoms with E-state index < -0.39 is 10.0 Å². The molecular weight excluding hydrogens is 396 g/mol. The third-order valence-corrected chi connectivity index (χ3v) is 6.30. The first-order chi connectivity index (χ1) is 13.5. The Bertz CT molecular complexity index is 1050. The van der Waals surface area contributed by atoms with Crippen LogP contribution >= 0.6 is 11.7 Å². The number of benzene rings is 2. The smallest absolute Gasteiger partial charge is 0.242 e. The molecule has 148 valence electrons. The van der Waals surface area contributed by atoms with E-state index in [1.54, 1.807) is 12.1 Å². The van der Waals surface area contributed by atoms with Crippen molar-refractivity contribution in [3.05, 3.63) is 53.6 Å². The first kappa shape index (κ1) is 20.4. The number of hydrogen-bond donors (Lipinski definition) is 2. The van der Waals surface area contributed by atoms with Gasteiger partial charge in [-0.15, -0.1) is 0 Å². The lowest BCUT2D eigenvalue weighted by Crippen LogP contribution is -2.28. The van der Waals surface area contributed by atoms with Crippen molar-refractivity contribution in [1.82, 2.24) is 18.8 Å². The third kappa shape index (κ3) is 5.34. The fourth-order valence-corrected chi connectivity index (χ4v) is 4.56. The number of nitrogens with zero attached hydrogens (tertiary/aromatic N) is 2. The van der Waals surface area contributed by atoms with Gasteiger partial charge in [-0.1, -0.05) is 35.9 Å². The Morgan fingerprint density at radius 2 is 1.86 bits per heavy atom. The lowest BCUT2D eigenvalue weighted by Gasteiger charge is -2.08. The Morgan fingerprint density at radius 1 is 1.07 bits per heavy atom. The number of nitrogens with one attached hydrogen (secondary N) is 2. The predicted octanol–water partition coefficient (Wildman–Crippen LogP) is 2.42. The van der Waals surface area contributed by atoms with Crippen molar-refractivity contribution < 1.29 is 13.2 Å². The topological polar surface area (TPSA) is 101 Å². The van der Waals surface area contributed by atoms with Crippen molar-refractivity contribution in [3.8, 4) is 0 Å². The van der Waals surface area contributed by atoms with Crippen molar-refractivity contribution in [2.45, 2.75) is 31.1 Å². The summed E-state index contributed by atoms with van der Waals surface area (Å²) in [5.74, 6) is -0.0860. The zero-order valence-electron chi connectivity index (χ0n) is 15.5. The number of amides is 1. The minimum absolute atomic E-state index is 0.0860. The lowest BCUT2D eigenvalue weighted by atomic mass is 10.1. The molecule has 0 aliphatic rings. The number of hydrogen-bond acceptors (Lipinski definition) is 6. The molecule has 0 fully saturated rings. The Hall–Kier alpha value is -2.36. The summed E-state index contributed by atoms with van der Waals surface area (Å²) in [7, 11) is -3.69. The molecule has 2 N–H and O–H groups in total. The molecule has 0 spiro atoms. The summed E-state index contributed by atoms with van der Waals surface area (Å²) in [6.45, 7) is 2.78. The van der Waals surface area contributed by atoms with Gasteiger partial charge in [-0.05, 0) is 37.5 Å². The Labute approximate surface area is 168 Å². The van der Waals surface area contributed by atoms with Gasteiger partial charge in [0.2, 0.25) is 15.9 Å². The molecule has 0 atom stereocenters. The number of aryl methyl sites for hydroxylation is 1. The first-order valence-corrected chi connectivity index (χ1v) is 11.2. The zero-order valence-corrected chi connectivity index (χ0v) is 17.1. The monoisotopic (exact) mass is 418 g/mol. The van der Waals surface area contributed by atoms with Crippen LogP contribution in [0.25, 0.3) is 11.0 Å². The number of carbonyl (C=O) groups excluding carboxylic acids is 1. The molecule has 0 saturated heterocycles. The molecule has 0 saturated carbocycles. The molecule has 0 bridgehead atoms. The Balaban J connectivity index is 1.40. The van der Waals surface area contributed by atoms with Gasteiger partial charge in [0.15, 0.2) is 0 Å². The predicted molar refractivity (Wildman–Crippen MR) is 110 cm³/mol. The molecule has 0 aliphatic heterocycles. The Kier molecular flexibility index (Phi) is 6.71. The minimum Gasteiger partial charge on any atom is -0.356 e. The number of rotatable bonds is 9. The van der Waals surface area contributed by atoms with Gasteiger partial charge in [-0.25, -0.2) is 13.1 Å². The van der Waals surface area contributed by atoms with E-state index in [1.165, 1.54) is 17.2 Å². The molecule has 7 nitrogen and oxygen atoms in total. The number of carbonyl (C=O) groups is 1. The van der Waals surface area contributed by atoms with E-state index in [2.05, 4.69) is 30.9 Å². The van der Waals surface area contributed by atoms with E-state index in [-0.39, 0.29) is 23.8 Å². The van der Waals surface area contributed by atoms with Crippen LogP contribution in [-0.4, -0.2) is 36.2 Å². The largest absolute Gasteiger partial charge is 0.356 e. The van der Waals surface area contributed by atoms with Crippen LogP contribution in [0.2, 0.25) is 0 Å². The van der Waals surface area contributed by atoms with Crippen molar-refractivity contribution in [1.29, 1.82) is 0 Å². The molecule has 0 aliphatic carbocycles. The summed E-state index contributed by atoms with van der Waals surface area (Å²) in [5.41, 5.74) is 3.30. The van der Waals surface area contributed by atoms with Gasteiger partial charge in [-0.2, -0.15) is 8.75 Å². The van der Waals surface area contributed by atoms with E-state index in [0.29, 0.717) is 24.0 Å².